The van der Waals surface area contributed by atoms with Gasteiger partial charge >= 0.3 is 0 Å². The molecule has 3 heterocycles. The Kier molecular flexibility index (Phi) is 3.04. The van der Waals surface area contributed by atoms with Crippen molar-refractivity contribution in [2.24, 2.45) is 0 Å². The van der Waals surface area contributed by atoms with Crippen LogP contribution in [0.5, 0.6) is 11.5 Å². The van der Waals surface area contributed by atoms with Gasteiger partial charge in [-0.1, -0.05) is 0 Å². The van der Waals surface area contributed by atoms with Crippen LogP contribution in [0.4, 0.5) is 0 Å². The molecule has 2 aliphatic rings. The van der Waals surface area contributed by atoms with E-state index < -0.39 is 0 Å². The van der Waals surface area contributed by atoms with Crippen LogP contribution in [-0.4, -0.2) is 48.9 Å². The third-order valence-corrected chi connectivity index (χ3v) is 4.03. The highest BCUT2D eigenvalue weighted by Gasteiger charge is 2.24. The number of furan rings is 1. The molecule has 22 heavy (non-hydrogen) atoms. The lowest BCUT2D eigenvalue weighted by Crippen LogP contribution is -2.47. The number of rotatable bonds is 1. The van der Waals surface area contributed by atoms with Gasteiger partial charge < -0.3 is 23.7 Å². The summed E-state index contributed by atoms with van der Waals surface area (Å²) in [5.74, 6) is 1.49. The third-order valence-electron chi connectivity index (χ3n) is 4.03. The van der Waals surface area contributed by atoms with Gasteiger partial charge in [-0.2, -0.15) is 0 Å². The molecule has 6 nitrogen and oxygen atoms in total. The predicted molar refractivity (Wildman–Crippen MR) is 80.0 cm³/mol. The topological polar surface area (TPSA) is 55.2 Å². The number of hydrogen-bond donors (Lipinski definition) is 0. The van der Waals surface area contributed by atoms with Crippen LogP contribution < -0.4 is 9.47 Å². The smallest absolute Gasteiger partial charge is 0.289 e. The molecule has 2 aliphatic heterocycles. The highest BCUT2D eigenvalue weighted by molar-refractivity contribution is 5.96. The van der Waals surface area contributed by atoms with Gasteiger partial charge in [0.25, 0.3) is 5.91 Å². The van der Waals surface area contributed by atoms with Crippen molar-refractivity contribution in [3.05, 3.63) is 36.5 Å². The molecular formula is C16H16N2O4. The third kappa shape index (κ3) is 2.21. The summed E-state index contributed by atoms with van der Waals surface area (Å²) in [6.45, 7) is 3.21. The van der Waals surface area contributed by atoms with E-state index in [1.54, 1.807) is 12.1 Å². The summed E-state index contributed by atoms with van der Waals surface area (Å²) in [6.07, 6.45) is 2.94. The fraction of sp³-hybridized carbons (Fsp3) is 0.312. The molecule has 1 fully saturated rings. The standard InChI is InChI=1S/C16H16N2O4/c1-17-2-4-18(5-3-17)16(19)15-9-11-8-13-14(10-12(11)22-15)21-7-6-20-13/h6-10H,2-5H2,1H3. The number of hydrogen-bond acceptors (Lipinski definition) is 5. The predicted octanol–water partition coefficient (Wildman–Crippen LogP) is 2.06. The van der Waals surface area contributed by atoms with Crippen molar-refractivity contribution in [2.75, 3.05) is 33.2 Å². The van der Waals surface area contributed by atoms with Crippen LogP contribution in [-0.2, 0) is 0 Å². The maximum atomic E-state index is 12.5. The molecule has 1 aromatic carbocycles. The Balaban J connectivity index is 1.63. The van der Waals surface area contributed by atoms with Crippen LogP contribution in [0.3, 0.4) is 0 Å². The van der Waals surface area contributed by atoms with Gasteiger partial charge in [-0.3, -0.25) is 4.79 Å². The van der Waals surface area contributed by atoms with Crippen LogP contribution in [0, 0.1) is 0 Å². The van der Waals surface area contributed by atoms with Crippen molar-refractivity contribution in [3.8, 4) is 11.5 Å². The molecule has 1 saturated heterocycles. The Labute approximate surface area is 127 Å². The van der Waals surface area contributed by atoms with Crippen molar-refractivity contribution >= 4 is 16.9 Å². The number of carbonyl (C=O) groups is 1. The molecule has 114 valence electrons. The second-order valence-electron chi connectivity index (χ2n) is 5.55. The minimum atomic E-state index is -0.0674. The highest BCUT2D eigenvalue weighted by atomic mass is 16.5. The molecule has 2 aromatic rings. The number of ether oxygens (including phenoxy) is 2. The number of benzene rings is 1. The van der Waals surface area contributed by atoms with Crippen molar-refractivity contribution in [3.63, 3.8) is 0 Å². The average Bonchev–Trinajstić information content (AvgIpc) is 2.95. The van der Waals surface area contributed by atoms with E-state index in [-0.39, 0.29) is 5.91 Å². The van der Waals surface area contributed by atoms with E-state index in [2.05, 4.69) is 11.9 Å². The maximum Gasteiger partial charge on any atom is 0.289 e. The van der Waals surface area contributed by atoms with Gasteiger partial charge in [0, 0.05) is 37.6 Å². The Morgan fingerprint density at radius 1 is 1.00 bits per heavy atom. The first kappa shape index (κ1) is 13.2. The molecule has 0 unspecified atom stereocenters. The number of fused-ring (bicyclic) bond motifs is 2. The summed E-state index contributed by atoms with van der Waals surface area (Å²) in [4.78, 5) is 16.6. The normalized spacial score (nSPS) is 18.0. The molecule has 1 aromatic heterocycles. The van der Waals surface area contributed by atoms with E-state index in [0.717, 1.165) is 31.6 Å². The summed E-state index contributed by atoms with van der Waals surface area (Å²) in [5, 5.41) is 0.829. The maximum absolute atomic E-state index is 12.5. The fourth-order valence-electron chi connectivity index (χ4n) is 2.70. The van der Waals surface area contributed by atoms with Crippen molar-refractivity contribution < 1.29 is 18.7 Å². The molecule has 0 saturated carbocycles. The van der Waals surface area contributed by atoms with Crippen LogP contribution in [0.15, 0.2) is 35.1 Å². The van der Waals surface area contributed by atoms with Crippen LogP contribution in [0.2, 0.25) is 0 Å². The molecule has 0 spiro atoms. The molecule has 4 rings (SSSR count). The molecule has 0 aliphatic carbocycles. The number of piperazine rings is 1. The molecule has 6 heteroatoms. The lowest BCUT2D eigenvalue weighted by Gasteiger charge is -2.31. The van der Waals surface area contributed by atoms with Crippen molar-refractivity contribution in [1.82, 2.24) is 9.80 Å². The first-order chi connectivity index (χ1) is 10.7. The van der Waals surface area contributed by atoms with Gasteiger partial charge in [-0.05, 0) is 19.2 Å². The molecule has 1 amide bonds. The molecular weight excluding hydrogens is 284 g/mol. The van der Waals surface area contributed by atoms with Gasteiger partial charge in [0.2, 0.25) is 0 Å². The summed E-state index contributed by atoms with van der Waals surface area (Å²) < 4.78 is 16.5. The van der Waals surface area contributed by atoms with Crippen LogP contribution in [0.1, 0.15) is 10.6 Å². The average molecular weight is 300 g/mol. The highest BCUT2D eigenvalue weighted by Crippen LogP contribution is 2.36. The number of likely N-dealkylation sites (N-methyl/N-ethyl adjacent to an activating group) is 1. The van der Waals surface area contributed by atoms with E-state index >= 15 is 0 Å². The zero-order chi connectivity index (χ0) is 15.1. The Morgan fingerprint density at radius 3 is 2.41 bits per heavy atom. The van der Waals surface area contributed by atoms with E-state index in [0.29, 0.717) is 22.8 Å². The number of nitrogens with zero attached hydrogens (tertiary/aromatic N) is 2. The fourth-order valence-corrected chi connectivity index (χ4v) is 2.70. The summed E-state index contributed by atoms with van der Waals surface area (Å²) in [7, 11) is 2.06. The zero-order valence-electron chi connectivity index (χ0n) is 12.2. The number of amides is 1. The SMILES string of the molecule is CN1CCN(C(=O)c2cc3cc4c(cc3o2)OC=CO4)CC1. The first-order valence-corrected chi connectivity index (χ1v) is 7.24. The summed E-state index contributed by atoms with van der Waals surface area (Å²) in [5.41, 5.74) is 0.620. The summed E-state index contributed by atoms with van der Waals surface area (Å²) >= 11 is 0. The molecule has 0 N–H and O–H groups in total. The molecule has 0 bridgehead atoms. The van der Waals surface area contributed by atoms with E-state index in [1.807, 2.05) is 11.0 Å². The van der Waals surface area contributed by atoms with Gasteiger partial charge in [0.15, 0.2) is 17.3 Å². The van der Waals surface area contributed by atoms with Crippen molar-refractivity contribution in [2.45, 2.75) is 0 Å². The van der Waals surface area contributed by atoms with Gasteiger partial charge in [-0.15, -0.1) is 0 Å². The Bertz CT molecular complexity index is 712. The van der Waals surface area contributed by atoms with Crippen LogP contribution in [0.25, 0.3) is 11.0 Å². The lowest BCUT2D eigenvalue weighted by atomic mass is 10.2. The zero-order valence-corrected chi connectivity index (χ0v) is 12.2. The second kappa shape index (κ2) is 5.06. The van der Waals surface area contributed by atoms with Crippen molar-refractivity contribution in [1.29, 1.82) is 0 Å². The largest absolute Gasteiger partial charge is 0.458 e. The van der Waals surface area contributed by atoms with Crippen LogP contribution >= 0.6 is 0 Å². The minimum absolute atomic E-state index is 0.0674. The molecule has 0 atom stereocenters. The minimum Gasteiger partial charge on any atom is -0.458 e. The van der Waals surface area contributed by atoms with Gasteiger partial charge in [-0.25, -0.2) is 0 Å². The van der Waals surface area contributed by atoms with Gasteiger partial charge in [0.1, 0.15) is 18.1 Å². The quantitative estimate of drug-likeness (QED) is 0.807. The monoisotopic (exact) mass is 300 g/mol. The van der Waals surface area contributed by atoms with Gasteiger partial charge in [0.05, 0.1) is 0 Å². The van der Waals surface area contributed by atoms with E-state index in [4.69, 9.17) is 13.9 Å². The molecule has 0 radical (unpaired) electrons. The second-order valence-corrected chi connectivity index (χ2v) is 5.55. The lowest BCUT2D eigenvalue weighted by molar-refractivity contribution is 0.0635. The Morgan fingerprint density at radius 2 is 1.68 bits per heavy atom. The Hall–Kier alpha value is -2.47. The number of carbonyl (C=O) groups excluding carboxylic acids is 1. The van der Waals surface area contributed by atoms with E-state index in [9.17, 15) is 4.79 Å². The first-order valence-electron chi connectivity index (χ1n) is 7.24. The summed E-state index contributed by atoms with van der Waals surface area (Å²) in [6, 6.07) is 5.32. The van der Waals surface area contributed by atoms with E-state index in [1.165, 1.54) is 12.5 Å².